The minimum Gasteiger partial charge on any atom is -0.462 e. The summed E-state index contributed by atoms with van der Waals surface area (Å²) in [6.45, 7) is 4.22. The Hall–Kier alpha value is -3.85. The van der Waals surface area contributed by atoms with Gasteiger partial charge in [0.25, 0.3) is 0 Å². The molecule has 2 unspecified atom stereocenters. The van der Waals surface area contributed by atoms with Gasteiger partial charge >= 0.3 is 19.8 Å². The van der Waals surface area contributed by atoms with Crippen LogP contribution in [0.25, 0.3) is 0 Å². The monoisotopic (exact) mass is 1020 g/mol. The summed E-state index contributed by atoms with van der Waals surface area (Å²) >= 11 is 0. The predicted octanol–water partition coefficient (Wildman–Crippen LogP) is 17.4. The van der Waals surface area contributed by atoms with Gasteiger partial charge in [0, 0.05) is 12.8 Å². The number of quaternary nitrogens is 1. The molecule has 0 heterocycles. The van der Waals surface area contributed by atoms with Crippen LogP contribution in [0.4, 0.5) is 0 Å². The zero-order chi connectivity index (χ0) is 52.7. The molecule has 72 heavy (non-hydrogen) atoms. The lowest BCUT2D eigenvalue weighted by molar-refractivity contribution is -0.870. The van der Waals surface area contributed by atoms with Crippen LogP contribution < -0.4 is 0 Å². The molecule has 0 rings (SSSR count). The van der Waals surface area contributed by atoms with E-state index in [2.05, 4.69) is 148 Å². The number of hydrogen-bond acceptors (Lipinski definition) is 7. The van der Waals surface area contributed by atoms with Crippen molar-refractivity contribution in [2.75, 3.05) is 47.5 Å². The number of hydrogen-bond donors (Lipinski definition) is 1. The fourth-order valence-electron chi connectivity index (χ4n) is 6.86. The van der Waals surface area contributed by atoms with Gasteiger partial charge in [-0.2, -0.15) is 0 Å². The van der Waals surface area contributed by atoms with Gasteiger partial charge in [-0.1, -0.05) is 199 Å². The molecule has 2 atom stereocenters. The molecule has 0 saturated heterocycles. The maximum atomic E-state index is 12.8. The summed E-state index contributed by atoms with van der Waals surface area (Å²) in [7, 11) is 1.42. The minimum atomic E-state index is -4.41. The first-order valence-corrected chi connectivity index (χ1v) is 29.4. The van der Waals surface area contributed by atoms with Crippen LogP contribution >= 0.6 is 7.82 Å². The normalized spacial score (nSPS) is 14.4. The van der Waals surface area contributed by atoms with Crippen molar-refractivity contribution in [3.05, 3.63) is 134 Å². The van der Waals surface area contributed by atoms with Crippen LogP contribution in [0.2, 0.25) is 0 Å². The molecular weight excluding hydrogens is 918 g/mol. The van der Waals surface area contributed by atoms with E-state index in [1.165, 1.54) is 44.9 Å². The molecule has 9 nitrogen and oxygen atoms in total. The summed E-state index contributed by atoms with van der Waals surface area (Å²) in [5.41, 5.74) is 0. The smallest absolute Gasteiger partial charge is 0.462 e. The van der Waals surface area contributed by atoms with Gasteiger partial charge in [-0.25, -0.2) is 4.57 Å². The lowest BCUT2D eigenvalue weighted by atomic mass is 10.1. The van der Waals surface area contributed by atoms with Crippen molar-refractivity contribution in [3.63, 3.8) is 0 Å². The van der Waals surface area contributed by atoms with Crippen LogP contribution in [-0.4, -0.2) is 74.9 Å². The molecule has 0 aromatic heterocycles. The number of carbonyl (C=O) groups is 2. The molecule has 0 aliphatic rings. The third-order valence-electron chi connectivity index (χ3n) is 11.2. The highest BCUT2D eigenvalue weighted by atomic mass is 31.2. The van der Waals surface area contributed by atoms with Gasteiger partial charge in [-0.15, -0.1) is 0 Å². The lowest BCUT2D eigenvalue weighted by Crippen LogP contribution is -2.37. The summed E-state index contributed by atoms with van der Waals surface area (Å²) in [6.07, 6.45) is 75.2. The van der Waals surface area contributed by atoms with Gasteiger partial charge in [0.15, 0.2) is 6.10 Å². The van der Waals surface area contributed by atoms with Crippen LogP contribution in [0.5, 0.6) is 0 Å². The standard InChI is InChI=1S/C62H102NO8P/c1-6-8-10-12-14-16-18-20-22-23-24-25-26-27-28-29-30-31-32-33-34-35-36-37-38-39-41-43-45-47-49-51-53-55-62(65)71-60(59-70-72(66,67)69-57-56-63(3,4)5)58-68-61(64)54-52-50-48-46-44-42-40-21-19-17-15-13-11-9-7-2/h8,10,14,16,20-22,24-25,27-28,30-31,33-34,36-37,39-41,45,47,60H,6-7,9,11-13,15,17-19,23,26,29,32,35,38,42-44,46,48-59H2,1-5H3/p+1/b10-8-,16-14-,22-20-,25-24-,28-27-,31-30-,34-33-,37-36-,40-21-,41-39-,47-45-. The Morgan fingerprint density at radius 3 is 1.22 bits per heavy atom. The zero-order valence-electron chi connectivity index (χ0n) is 46.1. The molecule has 0 aromatic rings. The zero-order valence-corrected chi connectivity index (χ0v) is 47.0. The molecule has 0 amide bonds. The van der Waals surface area contributed by atoms with Gasteiger partial charge in [-0.3, -0.25) is 18.6 Å². The van der Waals surface area contributed by atoms with Crippen LogP contribution in [0.1, 0.15) is 194 Å². The predicted molar refractivity (Wildman–Crippen MR) is 307 cm³/mol. The number of rotatable bonds is 49. The van der Waals surface area contributed by atoms with E-state index in [9.17, 15) is 19.0 Å². The largest absolute Gasteiger partial charge is 0.472 e. The first-order valence-electron chi connectivity index (χ1n) is 27.9. The Morgan fingerprint density at radius 2 is 0.792 bits per heavy atom. The molecule has 408 valence electrons. The number of esters is 2. The van der Waals surface area contributed by atoms with E-state index in [-0.39, 0.29) is 26.1 Å². The molecule has 1 N–H and O–H groups in total. The first-order chi connectivity index (χ1) is 35.0. The van der Waals surface area contributed by atoms with Crippen LogP contribution in [0.15, 0.2) is 134 Å². The van der Waals surface area contributed by atoms with Crippen LogP contribution in [0.3, 0.4) is 0 Å². The quantitative estimate of drug-likeness (QED) is 0.0211. The second-order valence-corrected chi connectivity index (χ2v) is 20.7. The Labute approximate surface area is 441 Å². The molecule has 0 aliphatic heterocycles. The SMILES string of the molecule is CC/C=C\C/C=C\C/C=C\C/C=C\C/C=C\C/C=C\C/C=C\C/C=C\C/C=C\C/C=C\CCCCC(=O)OC(COC(=O)CCCCCCC/C=C\CCCCCCCC)COP(=O)(O)OCC[N+](C)(C)C. The summed E-state index contributed by atoms with van der Waals surface area (Å²) in [4.78, 5) is 35.6. The highest BCUT2D eigenvalue weighted by molar-refractivity contribution is 7.47. The number of carbonyl (C=O) groups excluding carboxylic acids is 2. The topological polar surface area (TPSA) is 108 Å². The van der Waals surface area contributed by atoms with E-state index >= 15 is 0 Å². The fourth-order valence-corrected chi connectivity index (χ4v) is 7.60. The molecule has 0 aliphatic carbocycles. The summed E-state index contributed by atoms with van der Waals surface area (Å²) in [5.74, 6) is -0.870. The van der Waals surface area contributed by atoms with E-state index in [1.807, 2.05) is 21.1 Å². The molecule has 0 fully saturated rings. The first kappa shape index (κ1) is 68.2. The van der Waals surface area contributed by atoms with Crippen molar-refractivity contribution in [1.82, 2.24) is 0 Å². The number of unbranched alkanes of at least 4 members (excludes halogenated alkanes) is 13. The van der Waals surface area contributed by atoms with Gasteiger partial charge < -0.3 is 18.9 Å². The number of allylic oxidation sites excluding steroid dienone is 22. The van der Waals surface area contributed by atoms with E-state index in [0.717, 1.165) is 109 Å². The van der Waals surface area contributed by atoms with Crippen molar-refractivity contribution in [3.8, 4) is 0 Å². The summed E-state index contributed by atoms with van der Waals surface area (Å²) in [6, 6.07) is 0. The number of phosphoric ester groups is 1. The number of likely N-dealkylation sites (N-methyl/N-ethyl adjacent to an activating group) is 1. The Kier molecular flexibility index (Phi) is 49.2. The van der Waals surface area contributed by atoms with E-state index in [0.29, 0.717) is 23.9 Å². The Morgan fingerprint density at radius 1 is 0.444 bits per heavy atom. The number of phosphoric acid groups is 1. The number of ether oxygens (including phenoxy) is 2. The van der Waals surface area contributed by atoms with Crippen LogP contribution in [-0.2, 0) is 32.7 Å². The molecule has 0 spiro atoms. The van der Waals surface area contributed by atoms with Crippen LogP contribution in [0, 0.1) is 0 Å². The highest BCUT2D eigenvalue weighted by Gasteiger charge is 2.27. The third kappa shape index (κ3) is 55.5. The summed E-state index contributed by atoms with van der Waals surface area (Å²) in [5, 5.41) is 0. The Balaban J connectivity index is 4.32. The lowest BCUT2D eigenvalue weighted by Gasteiger charge is -2.24. The van der Waals surface area contributed by atoms with E-state index < -0.39 is 32.5 Å². The fraction of sp³-hybridized carbons (Fsp3) is 0.613. The van der Waals surface area contributed by atoms with E-state index in [4.69, 9.17) is 18.5 Å². The van der Waals surface area contributed by atoms with Crippen molar-refractivity contribution in [1.29, 1.82) is 0 Å². The van der Waals surface area contributed by atoms with Gasteiger partial charge in [0.2, 0.25) is 0 Å². The van der Waals surface area contributed by atoms with Gasteiger partial charge in [0.05, 0.1) is 27.7 Å². The maximum Gasteiger partial charge on any atom is 0.472 e. The molecule has 0 bridgehead atoms. The molecule has 0 radical (unpaired) electrons. The average molecular weight is 1020 g/mol. The van der Waals surface area contributed by atoms with Gasteiger partial charge in [0.1, 0.15) is 19.8 Å². The maximum absolute atomic E-state index is 12.8. The van der Waals surface area contributed by atoms with Crippen molar-refractivity contribution in [2.45, 2.75) is 200 Å². The highest BCUT2D eigenvalue weighted by Crippen LogP contribution is 2.43. The van der Waals surface area contributed by atoms with Gasteiger partial charge in [-0.05, 0) is 116 Å². The van der Waals surface area contributed by atoms with Crippen molar-refractivity contribution in [2.24, 2.45) is 0 Å². The molecule has 0 saturated carbocycles. The van der Waals surface area contributed by atoms with Crippen molar-refractivity contribution < 1.29 is 42.1 Å². The average Bonchev–Trinajstić information content (AvgIpc) is 3.34. The number of nitrogens with zero attached hydrogens (tertiary/aromatic N) is 1. The van der Waals surface area contributed by atoms with Crippen molar-refractivity contribution >= 4 is 19.8 Å². The second-order valence-electron chi connectivity index (χ2n) is 19.2. The minimum absolute atomic E-state index is 0.0144. The molecule has 10 heteroatoms. The molecular formula is C62H103NO8P+. The third-order valence-corrected chi connectivity index (χ3v) is 12.1. The second kappa shape index (κ2) is 52.0. The summed E-state index contributed by atoms with van der Waals surface area (Å²) < 4.78 is 34.4. The Bertz CT molecular complexity index is 1670. The van der Waals surface area contributed by atoms with E-state index in [1.54, 1.807) is 0 Å². The molecule has 0 aromatic carbocycles.